The number of esters is 1. The van der Waals surface area contributed by atoms with Gasteiger partial charge in [-0.1, -0.05) is 0 Å². The summed E-state index contributed by atoms with van der Waals surface area (Å²) in [6, 6.07) is 7.71. The summed E-state index contributed by atoms with van der Waals surface area (Å²) in [7, 11) is 1.26. The summed E-state index contributed by atoms with van der Waals surface area (Å²) in [5.74, 6) is -2.61. The Bertz CT molecular complexity index is 1010. The van der Waals surface area contributed by atoms with Crippen LogP contribution < -0.4 is 10.1 Å². The Morgan fingerprint density at radius 3 is 2.52 bits per heavy atom. The molecule has 2 N–H and O–H groups in total. The van der Waals surface area contributed by atoms with Gasteiger partial charge in [0.1, 0.15) is 35.6 Å². The van der Waals surface area contributed by atoms with Crippen LogP contribution in [0.4, 0.5) is 13.6 Å². The van der Waals surface area contributed by atoms with Gasteiger partial charge in [0.2, 0.25) is 0 Å². The Kier molecular flexibility index (Phi) is 6.21. The lowest BCUT2D eigenvalue weighted by Gasteiger charge is -2.23. The number of urea groups is 1. The Hall–Kier alpha value is -3.53. The molecule has 0 aromatic heterocycles. The molecule has 2 aromatic rings. The summed E-state index contributed by atoms with van der Waals surface area (Å²) < 4.78 is 37.7. The molecule has 0 saturated carbocycles. The Labute approximate surface area is 176 Å². The normalized spacial score (nSPS) is 19.2. The van der Waals surface area contributed by atoms with E-state index in [4.69, 9.17) is 4.74 Å². The first kappa shape index (κ1) is 22.2. The van der Waals surface area contributed by atoms with Gasteiger partial charge in [0.05, 0.1) is 19.2 Å². The molecular formula is C21H20F2N2O6. The number of ether oxygens (including phenoxy) is 2. The molecule has 0 bridgehead atoms. The Morgan fingerprint density at radius 1 is 1.19 bits per heavy atom. The molecule has 2 atom stereocenters. The van der Waals surface area contributed by atoms with E-state index in [1.165, 1.54) is 38.3 Å². The number of hydrogen-bond donors (Lipinski definition) is 2. The number of imide groups is 1. The third-order valence-corrected chi connectivity index (χ3v) is 4.85. The first-order valence-corrected chi connectivity index (χ1v) is 9.24. The van der Waals surface area contributed by atoms with Crippen LogP contribution in [0.5, 0.6) is 5.75 Å². The average Bonchev–Trinajstić information content (AvgIpc) is 2.97. The van der Waals surface area contributed by atoms with Crippen LogP contribution in [-0.2, 0) is 15.1 Å². The number of carbonyl (C=O) groups excluding carboxylic acids is 3. The van der Waals surface area contributed by atoms with Crippen molar-refractivity contribution in [3.8, 4) is 5.75 Å². The second-order valence-corrected chi connectivity index (χ2v) is 7.08. The lowest BCUT2D eigenvalue weighted by Crippen LogP contribution is -2.43. The van der Waals surface area contributed by atoms with Crippen LogP contribution >= 0.6 is 0 Å². The van der Waals surface area contributed by atoms with E-state index in [9.17, 15) is 28.3 Å². The van der Waals surface area contributed by atoms with Gasteiger partial charge in [-0.2, -0.15) is 0 Å². The molecule has 1 fully saturated rings. The first-order valence-electron chi connectivity index (χ1n) is 9.24. The van der Waals surface area contributed by atoms with Gasteiger partial charge < -0.3 is 19.9 Å². The van der Waals surface area contributed by atoms with Crippen LogP contribution in [-0.4, -0.2) is 54.3 Å². The number of benzene rings is 2. The van der Waals surface area contributed by atoms with Crippen LogP contribution in [0.15, 0.2) is 42.5 Å². The van der Waals surface area contributed by atoms with Gasteiger partial charge in [0, 0.05) is 5.56 Å². The molecule has 0 spiro atoms. The largest absolute Gasteiger partial charge is 0.491 e. The standard InChI is InChI=1S/C21H20F2N2O6/c1-21(16-9-13(22)5-8-17(16)23)19(28)25(20(29)24-21)10-14(26)11-31-15-6-3-12(4-7-15)18(27)30-2/h3-9,14,26H,10-11H2,1-2H3,(H,24,29)/t14-,21+/m1/s1. The van der Waals surface area contributed by atoms with E-state index in [0.29, 0.717) is 11.3 Å². The molecule has 8 nitrogen and oxygen atoms in total. The van der Waals surface area contributed by atoms with Gasteiger partial charge in [-0.15, -0.1) is 0 Å². The molecule has 1 aliphatic rings. The number of nitrogens with one attached hydrogen (secondary N) is 1. The number of halogens is 2. The van der Waals surface area contributed by atoms with Gasteiger partial charge in [-0.25, -0.2) is 18.4 Å². The van der Waals surface area contributed by atoms with E-state index in [-0.39, 0.29) is 12.2 Å². The van der Waals surface area contributed by atoms with Crippen molar-refractivity contribution in [2.75, 3.05) is 20.3 Å². The van der Waals surface area contributed by atoms with E-state index in [1.807, 2.05) is 0 Å². The molecule has 2 aromatic carbocycles. The highest BCUT2D eigenvalue weighted by Gasteiger charge is 2.50. The summed E-state index contributed by atoms with van der Waals surface area (Å²) in [5.41, 5.74) is -1.81. The molecule has 164 valence electrons. The van der Waals surface area contributed by atoms with Gasteiger partial charge in [-0.05, 0) is 49.4 Å². The molecule has 1 saturated heterocycles. The maximum atomic E-state index is 14.2. The van der Waals surface area contributed by atoms with Crippen molar-refractivity contribution in [1.29, 1.82) is 0 Å². The summed E-state index contributed by atoms with van der Waals surface area (Å²) in [6.07, 6.45) is -1.25. The van der Waals surface area contributed by atoms with Gasteiger partial charge in [0.25, 0.3) is 5.91 Å². The maximum Gasteiger partial charge on any atom is 0.337 e. The third kappa shape index (κ3) is 4.48. The van der Waals surface area contributed by atoms with Crippen LogP contribution in [0.1, 0.15) is 22.8 Å². The smallest absolute Gasteiger partial charge is 0.337 e. The monoisotopic (exact) mass is 434 g/mol. The van der Waals surface area contributed by atoms with Gasteiger partial charge in [0.15, 0.2) is 0 Å². The minimum absolute atomic E-state index is 0.264. The fourth-order valence-corrected chi connectivity index (χ4v) is 3.19. The van der Waals surface area contributed by atoms with Crippen LogP contribution in [0.3, 0.4) is 0 Å². The molecule has 0 aliphatic carbocycles. The average molecular weight is 434 g/mol. The topological polar surface area (TPSA) is 105 Å². The fraction of sp³-hybridized carbons (Fsp3) is 0.286. The summed E-state index contributed by atoms with van der Waals surface area (Å²) >= 11 is 0. The first-order chi connectivity index (χ1) is 14.7. The SMILES string of the molecule is COC(=O)c1ccc(OC[C@H](O)CN2C(=O)N[C@@](C)(c3cc(F)ccc3F)C2=O)cc1. The van der Waals surface area contributed by atoms with E-state index in [1.54, 1.807) is 0 Å². The highest BCUT2D eigenvalue weighted by Crippen LogP contribution is 2.31. The summed E-state index contributed by atoms with van der Waals surface area (Å²) in [6.45, 7) is 0.577. The predicted octanol–water partition coefficient (Wildman–Crippen LogP) is 1.96. The third-order valence-electron chi connectivity index (χ3n) is 4.85. The number of aliphatic hydroxyl groups is 1. The van der Waals surface area contributed by atoms with Gasteiger partial charge >= 0.3 is 12.0 Å². The minimum atomic E-state index is -1.81. The highest BCUT2D eigenvalue weighted by atomic mass is 19.1. The lowest BCUT2D eigenvalue weighted by molar-refractivity contribution is -0.132. The minimum Gasteiger partial charge on any atom is -0.491 e. The number of amides is 3. The van der Waals surface area contributed by atoms with Crippen molar-refractivity contribution in [2.45, 2.75) is 18.6 Å². The molecule has 31 heavy (non-hydrogen) atoms. The van der Waals surface area contributed by atoms with Crippen molar-refractivity contribution in [1.82, 2.24) is 10.2 Å². The number of β-amino-alcohol motifs (C(OH)–C–C–N with tert-alkyl or cyclic N) is 1. The zero-order valence-electron chi connectivity index (χ0n) is 16.7. The van der Waals surface area contributed by atoms with Gasteiger partial charge in [-0.3, -0.25) is 9.69 Å². The summed E-state index contributed by atoms with van der Waals surface area (Å²) in [4.78, 5) is 37.2. The van der Waals surface area contributed by atoms with E-state index in [2.05, 4.69) is 10.1 Å². The number of nitrogens with zero attached hydrogens (tertiary/aromatic N) is 1. The number of rotatable bonds is 7. The van der Waals surface area contributed by atoms with Crippen molar-refractivity contribution < 1.29 is 37.7 Å². The molecule has 3 amide bonds. The van der Waals surface area contributed by atoms with Crippen LogP contribution in [0.25, 0.3) is 0 Å². The second kappa shape index (κ2) is 8.68. The van der Waals surface area contributed by atoms with Crippen LogP contribution in [0, 0.1) is 11.6 Å². The Balaban J connectivity index is 1.64. The number of hydrogen-bond acceptors (Lipinski definition) is 6. The molecular weight excluding hydrogens is 414 g/mol. The second-order valence-electron chi connectivity index (χ2n) is 7.08. The van der Waals surface area contributed by atoms with E-state index in [0.717, 1.165) is 23.1 Å². The molecule has 1 heterocycles. The maximum absolute atomic E-state index is 14.2. The molecule has 3 rings (SSSR count). The molecule has 10 heteroatoms. The lowest BCUT2D eigenvalue weighted by atomic mass is 9.91. The van der Waals surface area contributed by atoms with Crippen molar-refractivity contribution in [3.05, 3.63) is 65.2 Å². The zero-order valence-corrected chi connectivity index (χ0v) is 16.7. The Morgan fingerprint density at radius 2 is 1.87 bits per heavy atom. The van der Waals surface area contributed by atoms with Crippen LogP contribution in [0.2, 0.25) is 0 Å². The predicted molar refractivity (Wildman–Crippen MR) is 103 cm³/mol. The van der Waals surface area contributed by atoms with E-state index >= 15 is 0 Å². The molecule has 1 aliphatic heterocycles. The number of aliphatic hydroxyl groups excluding tert-OH is 1. The molecule has 0 unspecified atom stereocenters. The van der Waals surface area contributed by atoms with Crippen molar-refractivity contribution in [2.24, 2.45) is 0 Å². The van der Waals surface area contributed by atoms with Crippen molar-refractivity contribution >= 4 is 17.9 Å². The highest BCUT2D eigenvalue weighted by molar-refractivity contribution is 6.07. The number of methoxy groups -OCH3 is 1. The number of carbonyl (C=O) groups is 3. The summed E-state index contributed by atoms with van der Waals surface area (Å²) in [5, 5.41) is 12.6. The quantitative estimate of drug-likeness (QED) is 0.510. The molecule has 0 radical (unpaired) electrons. The fourth-order valence-electron chi connectivity index (χ4n) is 3.19. The zero-order chi connectivity index (χ0) is 22.8. The van der Waals surface area contributed by atoms with Crippen molar-refractivity contribution in [3.63, 3.8) is 0 Å². The van der Waals surface area contributed by atoms with E-state index < -0.39 is 47.7 Å².